The highest BCUT2D eigenvalue weighted by Crippen LogP contribution is 2.37. The van der Waals surface area contributed by atoms with E-state index in [1.54, 1.807) is 36.4 Å². The molecule has 0 radical (unpaired) electrons. The number of nitrogens with zero attached hydrogens (tertiary/aromatic N) is 1. The summed E-state index contributed by atoms with van der Waals surface area (Å²) in [4.78, 5) is 38.9. The molecule has 2 aromatic rings. The summed E-state index contributed by atoms with van der Waals surface area (Å²) in [6.45, 7) is 1.82. The van der Waals surface area contributed by atoms with Crippen LogP contribution >= 0.6 is 11.6 Å². The average Bonchev–Trinajstić information content (AvgIpc) is 3.01. The Bertz CT molecular complexity index is 1020. The van der Waals surface area contributed by atoms with Gasteiger partial charge in [-0.3, -0.25) is 14.5 Å². The number of carbonyl (C=O) groups is 3. The second-order valence-corrected chi connectivity index (χ2v) is 8.77. The largest absolute Gasteiger partial charge is 0.456 e. The lowest BCUT2D eigenvalue weighted by Gasteiger charge is -2.34. The molecule has 8 heteroatoms. The van der Waals surface area contributed by atoms with Gasteiger partial charge in [-0.2, -0.15) is 0 Å². The Morgan fingerprint density at radius 1 is 1.16 bits per heavy atom. The molecular formula is C24H26ClN3O4. The molecule has 2 aromatic carbocycles. The van der Waals surface area contributed by atoms with Gasteiger partial charge >= 0.3 is 6.03 Å². The van der Waals surface area contributed by atoms with Crippen molar-refractivity contribution >= 4 is 35.1 Å². The molecule has 7 nitrogen and oxygen atoms in total. The first kappa shape index (κ1) is 22.1. The van der Waals surface area contributed by atoms with E-state index in [2.05, 4.69) is 17.6 Å². The first-order valence-corrected chi connectivity index (χ1v) is 11.2. The van der Waals surface area contributed by atoms with Gasteiger partial charge in [-0.25, -0.2) is 4.79 Å². The maximum Gasteiger partial charge on any atom is 0.325 e. The third kappa shape index (κ3) is 4.58. The van der Waals surface area contributed by atoms with Crippen LogP contribution in [0.15, 0.2) is 48.5 Å². The number of ether oxygens (including phenoxy) is 1. The minimum atomic E-state index is -0.846. The molecule has 1 aliphatic heterocycles. The van der Waals surface area contributed by atoms with Crippen molar-refractivity contribution in [2.45, 2.75) is 44.6 Å². The average molecular weight is 456 g/mol. The van der Waals surface area contributed by atoms with Crippen molar-refractivity contribution in [2.24, 2.45) is 5.92 Å². The Labute approximate surface area is 192 Å². The van der Waals surface area contributed by atoms with Crippen molar-refractivity contribution in [3.8, 4) is 11.5 Å². The number of nitrogens with one attached hydrogen (secondary N) is 2. The third-order valence-corrected chi connectivity index (χ3v) is 6.60. The molecule has 0 unspecified atom stereocenters. The molecular weight excluding hydrogens is 430 g/mol. The van der Waals surface area contributed by atoms with Gasteiger partial charge < -0.3 is 15.4 Å². The molecule has 2 N–H and O–H groups in total. The van der Waals surface area contributed by atoms with E-state index >= 15 is 0 Å². The number of para-hydroxylation sites is 1. The molecule has 1 aliphatic carbocycles. The number of hydrogen-bond donors (Lipinski definition) is 2. The van der Waals surface area contributed by atoms with Crippen molar-refractivity contribution in [2.75, 3.05) is 11.9 Å². The van der Waals surface area contributed by atoms with Crippen LogP contribution in [0.5, 0.6) is 11.5 Å². The van der Waals surface area contributed by atoms with Crippen LogP contribution in [0.25, 0.3) is 0 Å². The fourth-order valence-corrected chi connectivity index (χ4v) is 4.52. The smallest absolute Gasteiger partial charge is 0.325 e. The highest BCUT2D eigenvalue weighted by atomic mass is 35.5. The van der Waals surface area contributed by atoms with Crippen molar-refractivity contribution in [3.63, 3.8) is 0 Å². The number of urea groups is 1. The fourth-order valence-electron chi connectivity index (χ4n) is 4.34. The first-order valence-electron chi connectivity index (χ1n) is 10.9. The second-order valence-electron chi connectivity index (χ2n) is 8.36. The van der Waals surface area contributed by atoms with Crippen molar-refractivity contribution in [3.05, 3.63) is 53.6 Å². The minimum Gasteiger partial charge on any atom is -0.456 e. The number of hydrogen-bond acceptors (Lipinski definition) is 4. The molecule has 0 bridgehead atoms. The first-order chi connectivity index (χ1) is 15.4. The van der Waals surface area contributed by atoms with Gasteiger partial charge in [-0.15, -0.1) is 0 Å². The summed E-state index contributed by atoms with van der Waals surface area (Å²) in [6, 6.07) is 13.4. The zero-order valence-electron chi connectivity index (χ0n) is 17.9. The van der Waals surface area contributed by atoms with Gasteiger partial charge in [0.2, 0.25) is 5.91 Å². The Kier molecular flexibility index (Phi) is 6.37. The van der Waals surface area contributed by atoms with Crippen LogP contribution < -0.4 is 15.4 Å². The lowest BCUT2D eigenvalue weighted by Crippen LogP contribution is -2.49. The van der Waals surface area contributed by atoms with Gasteiger partial charge in [0.25, 0.3) is 5.91 Å². The molecule has 4 rings (SSSR count). The molecule has 0 atom stereocenters. The number of benzene rings is 2. The molecule has 2 fully saturated rings. The minimum absolute atomic E-state index is 0.296. The number of amides is 4. The summed E-state index contributed by atoms with van der Waals surface area (Å²) >= 11 is 6.10. The Hall–Kier alpha value is -3.06. The normalized spacial score (nSPS) is 22.7. The van der Waals surface area contributed by atoms with Crippen molar-refractivity contribution in [1.82, 2.24) is 10.2 Å². The van der Waals surface area contributed by atoms with E-state index in [0.29, 0.717) is 41.0 Å². The van der Waals surface area contributed by atoms with E-state index in [0.717, 1.165) is 24.2 Å². The standard InChI is InChI=1S/C24H26ClN3O4/c1-2-16-11-13-24(14-12-16)22(30)28(23(31)27-24)15-21(29)26-17-7-9-18(10-8-17)32-20-6-4-3-5-19(20)25/h3-10,16H,2,11-15H2,1H3,(H,26,29)(H,27,31). The fraction of sp³-hybridized carbons (Fsp3) is 0.375. The van der Waals surface area contributed by atoms with Crippen LogP contribution in [-0.2, 0) is 9.59 Å². The topological polar surface area (TPSA) is 87.7 Å². The molecule has 1 saturated carbocycles. The van der Waals surface area contributed by atoms with Gasteiger partial charge in [0.1, 0.15) is 23.6 Å². The summed E-state index contributed by atoms with van der Waals surface area (Å²) in [5.41, 5.74) is -0.312. The van der Waals surface area contributed by atoms with E-state index in [4.69, 9.17) is 16.3 Å². The van der Waals surface area contributed by atoms with E-state index in [1.807, 2.05) is 12.1 Å². The molecule has 168 valence electrons. The quantitative estimate of drug-likeness (QED) is 0.602. The molecule has 0 aromatic heterocycles. The molecule has 32 heavy (non-hydrogen) atoms. The summed E-state index contributed by atoms with van der Waals surface area (Å²) < 4.78 is 5.73. The Balaban J connectivity index is 1.34. The van der Waals surface area contributed by atoms with Crippen LogP contribution in [0, 0.1) is 5.92 Å². The number of rotatable bonds is 6. The predicted molar refractivity (Wildman–Crippen MR) is 122 cm³/mol. The number of halogens is 1. The molecule has 1 saturated heterocycles. The van der Waals surface area contributed by atoms with Crippen molar-refractivity contribution < 1.29 is 19.1 Å². The summed E-state index contributed by atoms with van der Waals surface area (Å²) in [6.07, 6.45) is 4.14. The Morgan fingerprint density at radius 3 is 2.50 bits per heavy atom. The van der Waals surface area contributed by atoms with Crippen LogP contribution in [0.2, 0.25) is 5.02 Å². The highest BCUT2D eigenvalue weighted by Gasteiger charge is 2.52. The number of anilines is 1. The second kappa shape index (κ2) is 9.20. The lowest BCUT2D eigenvalue weighted by molar-refractivity contribution is -0.135. The summed E-state index contributed by atoms with van der Waals surface area (Å²) in [5, 5.41) is 6.07. The van der Waals surface area contributed by atoms with Crippen LogP contribution in [0.1, 0.15) is 39.0 Å². The lowest BCUT2D eigenvalue weighted by atomic mass is 9.75. The maximum absolute atomic E-state index is 13.0. The molecule has 1 heterocycles. The van der Waals surface area contributed by atoms with Gasteiger partial charge in [-0.1, -0.05) is 37.1 Å². The molecule has 2 aliphatic rings. The van der Waals surface area contributed by atoms with Gasteiger partial charge in [0.05, 0.1) is 5.02 Å². The summed E-state index contributed by atoms with van der Waals surface area (Å²) in [5.74, 6) is 0.956. The number of imide groups is 1. The SMILES string of the molecule is CCC1CCC2(CC1)NC(=O)N(CC(=O)Nc1ccc(Oc3ccccc3Cl)cc1)C2=O. The molecule has 4 amide bonds. The van der Waals surface area contributed by atoms with E-state index < -0.39 is 17.5 Å². The van der Waals surface area contributed by atoms with E-state index in [1.165, 1.54) is 0 Å². The third-order valence-electron chi connectivity index (χ3n) is 6.29. The zero-order chi connectivity index (χ0) is 22.7. The predicted octanol–water partition coefficient (Wildman–Crippen LogP) is 4.96. The zero-order valence-corrected chi connectivity index (χ0v) is 18.7. The van der Waals surface area contributed by atoms with E-state index in [-0.39, 0.29) is 12.5 Å². The monoisotopic (exact) mass is 455 g/mol. The highest BCUT2D eigenvalue weighted by molar-refractivity contribution is 6.32. The van der Waals surface area contributed by atoms with Crippen LogP contribution in [0.3, 0.4) is 0 Å². The van der Waals surface area contributed by atoms with Gasteiger partial charge in [-0.05, 0) is 68.0 Å². The van der Waals surface area contributed by atoms with Crippen LogP contribution in [0.4, 0.5) is 10.5 Å². The maximum atomic E-state index is 13.0. The van der Waals surface area contributed by atoms with E-state index in [9.17, 15) is 14.4 Å². The van der Waals surface area contributed by atoms with Crippen molar-refractivity contribution in [1.29, 1.82) is 0 Å². The summed E-state index contributed by atoms with van der Waals surface area (Å²) in [7, 11) is 0. The number of carbonyl (C=O) groups excluding carboxylic acids is 3. The molecule has 1 spiro atoms. The van der Waals surface area contributed by atoms with Gasteiger partial charge in [0, 0.05) is 5.69 Å². The Morgan fingerprint density at radius 2 is 1.84 bits per heavy atom. The van der Waals surface area contributed by atoms with Gasteiger partial charge in [0.15, 0.2) is 0 Å². The van der Waals surface area contributed by atoms with Crippen LogP contribution in [-0.4, -0.2) is 34.8 Å².